The first-order valence-electron chi connectivity index (χ1n) is 8.96. The van der Waals surface area contributed by atoms with Gasteiger partial charge in [-0.15, -0.1) is 0 Å². The van der Waals surface area contributed by atoms with Gasteiger partial charge in [0.05, 0.1) is 12.1 Å². The lowest BCUT2D eigenvalue weighted by molar-refractivity contribution is -0.120. The molecular formula is C19H25N7O. The summed E-state index contributed by atoms with van der Waals surface area (Å²) < 4.78 is 3.67. The van der Waals surface area contributed by atoms with Crippen molar-refractivity contribution in [1.82, 2.24) is 34.6 Å². The monoisotopic (exact) mass is 367 g/mol. The van der Waals surface area contributed by atoms with Crippen molar-refractivity contribution >= 4 is 5.91 Å². The van der Waals surface area contributed by atoms with E-state index in [-0.39, 0.29) is 12.3 Å². The molecule has 0 radical (unpaired) electrons. The van der Waals surface area contributed by atoms with Crippen LogP contribution >= 0.6 is 0 Å². The van der Waals surface area contributed by atoms with Crippen molar-refractivity contribution in [2.45, 2.75) is 40.5 Å². The Kier molecular flexibility index (Phi) is 5.34. The number of amides is 1. The third-order valence-electron chi connectivity index (χ3n) is 4.53. The Morgan fingerprint density at radius 1 is 1.15 bits per heavy atom. The Morgan fingerprint density at radius 2 is 1.85 bits per heavy atom. The van der Waals surface area contributed by atoms with Gasteiger partial charge in [0.2, 0.25) is 5.91 Å². The van der Waals surface area contributed by atoms with Crippen LogP contribution in [0.15, 0.2) is 18.5 Å². The van der Waals surface area contributed by atoms with Gasteiger partial charge in [-0.1, -0.05) is 0 Å². The number of aromatic nitrogens is 6. The molecule has 1 N–H and O–H groups in total. The molecule has 8 heteroatoms. The zero-order chi connectivity index (χ0) is 19.6. The van der Waals surface area contributed by atoms with E-state index in [0.717, 1.165) is 34.2 Å². The quantitative estimate of drug-likeness (QED) is 0.713. The lowest BCUT2D eigenvalue weighted by Gasteiger charge is -2.07. The van der Waals surface area contributed by atoms with Gasteiger partial charge in [-0.25, -0.2) is 19.6 Å². The molecule has 0 aromatic carbocycles. The van der Waals surface area contributed by atoms with E-state index in [2.05, 4.69) is 25.4 Å². The average molecular weight is 367 g/mol. The molecule has 0 aliphatic rings. The number of rotatable bonds is 6. The Hall–Kier alpha value is -3.03. The van der Waals surface area contributed by atoms with Crippen LogP contribution in [0.4, 0.5) is 0 Å². The molecule has 0 aliphatic heterocycles. The molecule has 142 valence electrons. The third-order valence-corrected chi connectivity index (χ3v) is 4.53. The van der Waals surface area contributed by atoms with Gasteiger partial charge in [-0.05, 0) is 33.8 Å². The van der Waals surface area contributed by atoms with E-state index in [4.69, 9.17) is 0 Å². The van der Waals surface area contributed by atoms with E-state index in [1.165, 1.54) is 0 Å². The minimum absolute atomic E-state index is 0.0312. The highest BCUT2D eigenvalue weighted by Gasteiger charge is 2.17. The van der Waals surface area contributed by atoms with Crippen molar-refractivity contribution < 1.29 is 4.79 Å². The molecule has 0 bridgehead atoms. The van der Waals surface area contributed by atoms with E-state index < -0.39 is 0 Å². The van der Waals surface area contributed by atoms with Crippen LogP contribution in [0.25, 0.3) is 5.95 Å². The second-order valence-electron chi connectivity index (χ2n) is 6.74. The molecule has 0 spiro atoms. The van der Waals surface area contributed by atoms with Crippen molar-refractivity contribution in [2.24, 2.45) is 7.05 Å². The van der Waals surface area contributed by atoms with Gasteiger partial charge in [-0.3, -0.25) is 4.79 Å². The summed E-state index contributed by atoms with van der Waals surface area (Å²) in [6.45, 7) is 8.26. The molecule has 8 nitrogen and oxygen atoms in total. The van der Waals surface area contributed by atoms with Crippen molar-refractivity contribution in [3.8, 4) is 5.95 Å². The van der Waals surface area contributed by atoms with Gasteiger partial charge in [0.1, 0.15) is 5.82 Å². The van der Waals surface area contributed by atoms with Crippen molar-refractivity contribution in [2.75, 3.05) is 6.54 Å². The summed E-state index contributed by atoms with van der Waals surface area (Å²) in [4.78, 5) is 25.6. The SMILES string of the molecule is Cc1cc(C)nc(-n2nc(C)c(CC(=O)NCCc3nccn3C)c2C)n1. The maximum Gasteiger partial charge on any atom is 0.251 e. The van der Waals surface area contributed by atoms with Gasteiger partial charge in [0.15, 0.2) is 0 Å². The zero-order valence-electron chi connectivity index (χ0n) is 16.4. The molecule has 0 fully saturated rings. The van der Waals surface area contributed by atoms with Crippen LogP contribution in [0.3, 0.4) is 0 Å². The minimum atomic E-state index is -0.0312. The molecule has 0 atom stereocenters. The van der Waals surface area contributed by atoms with Crippen LogP contribution in [0.2, 0.25) is 0 Å². The van der Waals surface area contributed by atoms with Crippen molar-refractivity contribution in [3.05, 3.63) is 52.6 Å². The second kappa shape index (κ2) is 7.69. The number of carbonyl (C=O) groups excluding carboxylic acids is 1. The highest BCUT2D eigenvalue weighted by Crippen LogP contribution is 2.17. The summed E-state index contributed by atoms with van der Waals surface area (Å²) in [6, 6.07) is 1.92. The topological polar surface area (TPSA) is 90.5 Å². The lowest BCUT2D eigenvalue weighted by atomic mass is 10.1. The molecule has 0 aliphatic carbocycles. The van der Waals surface area contributed by atoms with Crippen LogP contribution < -0.4 is 5.32 Å². The molecular weight excluding hydrogens is 342 g/mol. The molecule has 1 amide bonds. The maximum atomic E-state index is 12.4. The molecule has 3 aromatic rings. The van der Waals surface area contributed by atoms with Crippen LogP contribution in [-0.2, 0) is 24.7 Å². The van der Waals surface area contributed by atoms with E-state index in [0.29, 0.717) is 18.9 Å². The summed E-state index contributed by atoms with van der Waals surface area (Å²) >= 11 is 0. The smallest absolute Gasteiger partial charge is 0.251 e. The number of nitrogens with one attached hydrogen (secondary N) is 1. The summed E-state index contributed by atoms with van der Waals surface area (Å²) in [5.74, 6) is 1.45. The fourth-order valence-corrected chi connectivity index (χ4v) is 3.10. The highest BCUT2D eigenvalue weighted by molar-refractivity contribution is 5.79. The third kappa shape index (κ3) is 4.21. The first-order valence-corrected chi connectivity index (χ1v) is 8.96. The number of aryl methyl sites for hydroxylation is 4. The van der Waals surface area contributed by atoms with E-state index in [1.54, 1.807) is 10.9 Å². The van der Waals surface area contributed by atoms with Gasteiger partial charge < -0.3 is 9.88 Å². The van der Waals surface area contributed by atoms with Gasteiger partial charge in [0, 0.05) is 55.1 Å². The van der Waals surface area contributed by atoms with Crippen molar-refractivity contribution in [1.29, 1.82) is 0 Å². The van der Waals surface area contributed by atoms with Gasteiger partial charge in [-0.2, -0.15) is 5.10 Å². The summed E-state index contributed by atoms with van der Waals surface area (Å²) in [5.41, 5.74) is 4.38. The van der Waals surface area contributed by atoms with Gasteiger partial charge in [0.25, 0.3) is 5.95 Å². The highest BCUT2D eigenvalue weighted by atomic mass is 16.1. The number of hydrogen-bond donors (Lipinski definition) is 1. The average Bonchev–Trinajstić information content (AvgIpc) is 3.12. The molecule has 0 saturated carbocycles. The van der Waals surface area contributed by atoms with Gasteiger partial charge >= 0.3 is 0 Å². The van der Waals surface area contributed by atoms with Crippen LogP contribution in [0.5, 0.6) is 0 Å². The summed E-state index contributed by atoms with van der Waals surface area (Å²) in [7, 11) is 1.94. The Labute approximate surface area is 158 Å². The Balaban J connectivity index is 1.69. The molecule has 27 heavy (non-hydrogen) atoms. The summed E-state index contributed by atoms with van der Waals surface area (Å²) in [6.07, 6.45) is 4.63. The summed E-state index contributed by atoms with van der Waals surface area (Å²) in [5, 5.41) is 7.50. The number of hydrogen-bond acceptors (Lipinski definition) is 5. The van der Waals surface area contributed by atoms with E-state index in [1.807, 2.05) is 51.6 Å². The molecule has 0 saturated heterocycles. The van der Waals surface area contributed by atoms with Crippen LogP contribution in [0.1, 0.15) is 34.2 Å². The first kappa shape index (κ1) is 18.8. The zero-order valence-corrected chi connectivity index (χ0v) is 16.4. The lowest BCUT2D eigenvalue weighted by Crippen LogP contribution is -2.28. The predicted molar refractivity (Wildman–Crippen MR) is 102 cm³/mol. The van der Waals surface area contributed by atoms with Crippen molar-refractivity contribution in [3.63, 3.8) is 0 Å². The minimum Gasteiger partial charge on any atom is -0.355 e. The number of carbonyl (C=O) groups is 1. The fourth-order valence-electron chi connectivity index (χ4n) is 3.10. The second-order valence-corrected chi connectivity index (χ2v) is 6.74. The normalized spacial score (nSPS) is 11.0. The van der Waals surface area contributed by atoms with Crippen LogP contribution in [0, 0.1) is 27.7 Å². The van der Waals surface area contributed by atoms with E-state index in [9.17, 15) is 4.79 Å². The molecule has 0 unspecified atom stereocenters. The molecule has 3 heterocycles. The largest absolute Gasteiger partial charge is 0.355 e. The fraction of sp³-hybridized carbons (Fsp3) is 0.421. The van der Waals surface area contributed by atoms with Crippen LogP contribution in [-0.4, -0.2) is 41.8 Å². The number of nitrogens with zero attached hydrogens (tertiary/aromatic N) is 6. The standard InChI is InChI=1S/C19H25N7O/c1-12-10-13(2)23-19(22-12)26-15(4)16(14(3)24-26)11-18(27)21-7-6-17-20-8-9-25(17)5/h8-10H,6-7,11H2,1-5H3,(H,21,27). The predicted octanol–water partition coefficient (Wildman–Crippen LogP) is 1.53. The maximum absolute atomic E-state index is 12.4. The first-order chi connectivity index (χ1) is 12.8. The molecule has 3 rings (SSSR count). The Morgan fingerprint density at radius 3 is 2.48 bits per heavy atom. The number of imidazole rings is 1. The molecule has 3 aromatic heterocycles. The van der Waals surface area contributed by atoms with E-state index >= 15 is 0 Å². The Bertz CT molecular complexity index is 950.